The van der Waals surface area contributed by atoms with Crippen LogP contribution in [-0.4, -0.2) is 62.7 Å². The molecule has 1 aliphatic heterocycles. The van der Waals surface area contributed by atoms with Crippen molar-refractivity contribution in [2.75, 3.05) is 38.2 Å². The Morgan fingerprint density at radius 2 is 1.70 bits per heavy atom. The lowest BCUT2D eigenvalue weighted by Gasteiger charge is -2.36. The van der Waals surface area contributed by atoms with Crippen LogP contribution in [0.3, 0.4) is 0 Å². The van der Waals surface area contributed by atoms with E-state index in [9.17, 15) is 14.4 Å². The highest BCUT2D eigenvalue weighted by Crippen LogP contribution is 2.23. The molecule has 3 aromatic rings. The van der Waals surface area contributed by atoms with Gasteiger partial charge >= 0.3 is 5.69 Å². The summed E-state index contributed by atoms with van der Waals surface area (Å²) in [6.45, 7) is 7.05. The van der Waals surface area contributed by atoms with E-state index in [1.807, 2.05) is 12.1 Å². The monoisotopic (exact) mass is 454 g/mol. The van der Waals surface area contributed by atoms with Gasteiger partial charge in [0.1, 0.15) is 11.6 Å². The second-order valence-corrected chi connectivity index (χ2v) is 8.52. The van der Waals surface area contributed by atoms with Crippen LogP contribution in [0.2, 0.25) is 0 Å². The number of imidazole rings is 1. The van der Waals surface area contributed by atoms with Crippen molar-refractivity contribution in [3.8, 4) is 5.75 Å². The number of piperazine rings is 1. The third kappa shape index (κ3) is 4.06. The molecule has 0 saturated carbocycles. The number of anilines is 1. The van der Waals surface area contributed by atoms with Gasteiger partial charge in [0.25, 0.3) is 5.56 Å². The Bertz CT molecular complexity index is 1300. The quantitative estimate of drug-likeness (QED) is 0.547. The number of aromatic nitrogens is 4. The second-order valence-electron chi connectivity index (χ2n) is 8.52. The van der Waals surface area contributed by atoms with Crippen LogP contribution in [0.15, 0.2) is 33.9 Å². The zero-order chi connectivity index (χ0) is 23.9. The Labute approximate surface area is 191 Å². The number of hydrogen-bond donors (Lipinski definition) is 0. The minimum atomic E-state index is -0.559. The molecule has 0 N–H and O–H groups in total. The molecular weight excluding hydrogens is 424 g/mol. The first-order chi connectivity index (χ1) is 15.7. The molecule has 10 nitrogen and oxygen atoms in total. The van der Waals surface area contributed by atoms with Crippen LogP contribution in [-0.2, 0) is 25.4 Å². The van der Waals surface area contributed by atoms with Crippen molar-refractivity contribution in [1.82, 2.24) is 23.6 Å². The van der Waals surface area contributed by atoms with Crippen LogP contribution < -0.4 is 20.9 Å². The molecule has 0 aliphatic carbocycles. The van der Waals surface area contributed by atoms with Crippen LogP contribution in [0.4, 0.5) is 5.69 Å². The smallest absolute Gasteiger partial charge is 0.332 e. The zero-order valence-corrected chi connectivity index (χ0v) is 19.7. The lowest BCUT2D eigenvalue weighted by Crippen LogP contribution is -2.46. The molecule has 1 saturated heterocycles. The summed E-state index contributed by atoms with van der Waals surface area (Å²) in [5.41, 5.74) is 0.861. The summed E-state index contributed by atoms with van der Waals surface area (Å²) in [7, 11) is 4.69. The zero-order valence-electron chi connectivity index (χ0n) is 19.7. The van der Waals surface area contributed by atoms with E-state index >= 15 is 0 Å². The van der Waals surface area contributed by atoms with Gasteiger partial charge in [0.15, 0.2) is 16.9 Å². The van der Waals surface area contributed by atoms with Crippen LogP contribution in [0.1, 0.15) is 25.7 Å². The fourth-order valence-corrected chi connectivity index (χ4v) is 4.33. The van der Waals surface area contributed by atoms with Gasteiger partial charge in [-0.05, 0) is 38.1 Å². The van der Waals surface area contributed by atoms with E-state index in [1.54, 1.807) is 25.6 Å². The number of aryl methyl sites for hydroxylation is 1. The number of Topliss-reactive ketones (excluding diaryl/α,β-unsaturated/α-hetero) is 1. The molecule has 0 radical (unpaired) electrons. The van der Waals surface area contributed by atoms with Gasteiger partial charge in [0.2, 0.25) is 0 Å². The fourth-order valence-electron chi connectivity index (χ4n) is 4.33. The number of benzene rings is 1. The average Bonchev–Trinajstić information content (AvgIpc) is 3.20. The molecule has 0 spiro atoms. The van der Waals surface area contributed by atoms with Crippen molar-refractivity contribution < 1.29 is 9.53 Å². The Morgan fingerprint density at radius 3 is 2.27 bits per heavy atom. The lowest BCUT2D eigenvalue weighted by atomic mass is 10.2. The van der Waals surface area contributed by atoms with Gasteiger partial charge in [-0.15, -0.1) is 0 Å². The van der Waals surface area contributed by atoms with Crippen molar-refractivity contribution in [2.45, 2.75) is 26.4 Å². The number of carbonyl (C=O) groups excluding carboxylic acids is 1. The van der Waals surface area contributed by atoms with Gasteiger partial charge in [0.05, 0.1) is 19.7 Å². The number of ketones is 1. The van der Waals surface area contributed by atoms with E-state index < -0.39 is 17.3 Å². The molecule has 0 bridgehead atoms. The number of rotatable bonds is 6. The minimum absolute atomic E-state index is 0.0734. The van der Waals surface area contributed by atoms with Crippen molar-refractivity contribution in [1.29, 1.82) is 0 Å². The van der Waals surface area contributed by atoms with E-state index in [-0.39, 0.29) is 11.3 Å². The van der Waals surface area contributed by atoms with Crippen molar-refractivity contribution in [2.24, 2.45) is 14.1 Å². The lowest BCUT2D eigenvalue weighted by molar-refractivity contribution is -0.119. The summed E-state index contributed by atoms with van der Waals surface area (Å²) in [4.78, 5) is 46.9. The average molecular weight is 455 g/mol. The molecule has 176 valence electrons. The van der Waals surface area contributed by atoms with Gasteiger partial charge in [0, 0.05) is 46.0 Å². The van der Waals surface area contributed by atoms with Crippen molar-refractivity contribution in [3.63, 3.8) is 0 Å². The molecule has 1 aromatic carbocycles. The highest BCUT2D eigenvalue weighted by Gasteiger charge is 2.26. The van der Waals surface area contributed by atoms with E-state index in [4.69, 9.17) is 4.74 Å². The van der Waals surface area contributed by atoms with Gasteiger partial charge in [-0.25, -0.2) is 9.78 Å². The molecule has 10 heteroatoms. The number of carbonyl (C=O) groups is 1. The first-order valence-corrected chi connectivity index (χ1v) is 11.0. The molecule has 0 unspecified atom stereocenters. The van der Waals surface area contributed by atoms with E-state index in [0.717, 1.165) is 42.2 Å². The molecule has 4 rings (SSSR count). The molecule has 2 aromatic heterocycles. The van der Waals surface area contributed by atoms with E-state index in [2.05, 4.69) is 26.9 Å². The summed E-state index contributed by atoms with van der Waals surface area (Å²) in [5, 5.41) is 0. The number of methoxy groups -OCH3 is 1. The standard InChI is InChI=1S/C23H30N6O4/c1-15(16(2)30)29-19(24-21-20(29)22(31)26(4)23(32)25(21)3)14-27-10-12-28(13-11-27)17-6-8-18(33-5)9-7-17/h6-9,15H,10-14H2,1-5H3/t15-/m0/s1. The summed E-state index contributed by atoms with van der Waals surface area (Å²) >= 11 is 0. The van der Waals surface area contributed by atoms with Gasteiger partial charge in [-0.3, -0.25) is 23.6 Å². The number of nitrogens with zero attached hydrogens (tertiary/aromatic N) is 6. The molecule has 3 heterocycles. The van der Waals surface area contributed by atoms with Crippen LogP contribution >= 0.6 is 0 Å². The van der Waals surface area contributed by atoms with Crippen molar-refractivity contribution in [3.05, 3.63) is 50.9 Å². The Morgan fingerprint density at radius 1 is 1.06 bits per heavy atom. The third-order valence-electron chi connectivity index (χ3n) is 6.52. The maximum atomic E-state index is 12.9. The third-order valence-corrected chi connectivity index (χ3v) is 6.52. The number of fused-ring (bicyclic) bond motifs is 1. The van der Waals surface area contributed by atoms with Gasteiger partial charge in [-0.1, -0.05) is 0 Å². The molecule has 1 aliphatic rings. The Kier molecular flexibility index (Phi) is 6.11. The number of hydrogen-bond acceptors (Lipinski definition) is 7. The van der Waals surface area contributed by atoms with Crippen LogP contribution in [0.5, 0.6) is 5.75 Å². The topological polar surface area (TPSA) is 94.6 Å². The Balaban J connectivity index is 1.62. The minimum Gasteiger partial charge on any atom is -0.497 e. The highest BCUT2D eigenvalue weighted by molar-refractivity contribution is 5.82. The van der Waals surface area contributed by atoms with Crippen molar-refractivity contribution >= 4 is 22.6 Å². The number of ether oxygens (including phenoxy) is 1. The highest BCUT2D eigenvalue weighted by atomic mass is 16.5. The van der Waals surface area contributed by atoms with E-state index in [0.29, 0.717) is 18.0 Å². The summed E-state index contributed by atoms with van der Waals surface area (Å²) in [5.74, 6) is 1.37. The Hall–Kier alpha value is -3.40. The van der Waals surface area contributed by atoms with Gasteiger partial charge < -0.3 is 14.2 Å². The first kappa shape index (κ1) is 22.8. The largest absolute Gasteiger partial charge is 0.497 e. The molecule has 1 fully saturated rings. The predicted molar refractivity (Wildman–Crippen MR) is 126 cm³/mol. The normalized spacial score (nSPS) is 15.7. The maximum Gasteiger partial charge on any atom is 0.332 e. The van der Waals surface area contributed by atoms with Crippen LogP contribution in [0.25, 0.3) is 11.2 Å². The fraction of sp³-hybridized carbons (Fsp3) is 0.478. The maximum absolute atomic E-state index is 12.9. The molecule has 1 atom stereocenters. The molecule has 0 amide bonds. The molecular formula is C23H30N6O4. The summed E-state index contributed by atoms with van der Waals surface area (Å²) < 4.78 is 9.37. The van der Waals surface area contributed by atoms with Crippen LogP contribution in [0, 0.1) is 0 Å². The summed E-state index contributed by atoms with van der Waals surface area (Å²) in [6.07, 6.45) is 0. The predicted octanol–water partition coefficient (Wildman–Crippen LogP) is 0.915. The first-order valence-electron chi connectivity index (χ1n) is 11.0. The molecule has 33 heavy (non-hydrogen) atoms. The van der Waals surface area contributed by atoms with Gasteiger partial charge in [-0.2, -0.15) is 0 Å². The van der Waals surface area contributed by atoms with E-state index in [1.165, 1.54) is 18.5 Å². The second kappa shape index (κ2) is 8.86. The summed E-state index contributed by atoms with van der Waals surface area (Å²) in [6, 6.07) is 7.46. The SMILES string of the molecule is COc1ccc(N2CCN(Cc3nc4c(c(=O)n(C)c(=O)n4C)n3[C@@H](C)C(C)=O)CC2)cc1.